The summed E-state index contributed by atoms with van der Waals surface area (Å²) in [7, 11) is 0. The molecule has 0 aliphatic rings. The molecule has 0 fully saturated rings. The van der Waals surface area contributed by atoms with Crippen molar-refractivity contribution in [2.45, 2.75) is 13.3 Å². The van der Waals surface area contributed by atoms with Gasteiger partial charge in [-0.15, -0.1) is 0 Å². The third-order valence-corrected chi connectivity index (χ3v) is 1.64. The van der Waals surface area contributed by atoms with E-state index in [2.05, 4.69) is 4.98 Å². The van der Waals surface area contributed by atoms with Gasteiger partial charge in [0, 0.05) is 6.07 Å². The third-order valence-electron chi connectivity index (χ3n) is 1.64. The summed E-state index contributed by atoms with van der Waals surface area (Å²) in [5.41, 5.74) is -2.53. The van der Waals surface area contributed by atoms with Crippen molar-refractivity contribution in [3.8, 4) is 0 Å². The number of nitrogens with zero attached hydrogens (tertiary/aromatic N) is 1. The van der Waals surface area contributed by atoms with Crippen LogP contribution in [0.2, 0.25) is 0 Å². The van der Waals surface area contributed by atoms with Crippen LogP contribution in [0.1, 0.15) is 17.7 Å². The van der Waals surface area contributed by atoms with Crippen LogP contribution in [0.25, 0.3) is 0 Å². The maximum atomic E-state index is 12.3. The van der Waals surface area contributed by atoms with E-state index in [9.17, 15) is 23.7 Å². The van der Waals surface area contributed by atoms with Crippen LogP contribution in [0.15, 0.2) is 10.9 Å². The van der Waals surface area contributed by atoms with Gasteiger partial charge in [-0.25, -0.2) is 8.78 Å². The molecular weight excluding hydrogens is 198 g/mol. The second kappa shape index (κ2) is 3.52. The van der Waals surface area contributed by atoms with E-state index in [1.807, 2.05) is 0 Å². The number of aromatic amines is 1. The number of pyridine rings is 1. The van der Waals surface area contributed by atoms with Crippen LogP contribution in [0.5, 0.6) is 0 Å². The minimum atomic E-state index is -3.03. The van der Waals surface area contributed by atoms with Crippen molar-refractivity contribution >= 4 is 5.69 Å². The minimum absolute atomic E-state index is 0.169. The summed E-state index contributed by atoms with van der Waals surface area (Å²) < 4.78 is 24.6. The standard InChI is InChI=1S/C7H6F2N2O3/c1-3-6(11(13)14)4(7(8)9)2-5(12)10-3/h2,7H,1H3,(H,10,12). The van der Waals surface area contributed by atoms with Gasteiger partial charge in [-0.2, -0.15) is 0 Å². The Morgan fingerprint density at radius 2 is 2.14 bits per heavy atom. The molecule has 76 valence electrons. The van der Waals surface area contributed by atoms with Gasteiger partial charge in [0.2, 0.25) is 5.56 Å². The van der Waals surface area contributed by atoms with Crippen LogP contribution in [-0.4, -0.2) is 9.91 Å². The van der Waals surface area contributed by atoms with Gasteiger partial charge in [0.1, 0.15) is 5.56 Å². The molecule has 1 rings (SSSR count). The van der Waals surface area contributed by atoms with E-state index in [0.29, 0.717) is 6.07 Å². The van der Waals surface area contributed by atoms with Crippen molar-refractivity contribution in [3.63, 3.8) is 0 Å². The summed E-state index contributed by atoms with van der Waals surface area (Å²) in [6.07, 6.45) is -3.03. The number of H-pyrrole nitrogens is 1. The van der Waals surface area contributed by atoms with Crippen molar-refractivity contribution < 1.29 is 13.7 Å². The number of aryl methyl sites for hydroxylation is 1. The lowest BCUT2D eigenvalue weighted by Crippen LogP contribution is -2.11. The number of hydrogen-bond acceptors (Lipinski definition) is 3. The Labute approximate surface area is 76.5 Å². The van der Waals surface area contributed by atoms with Gasteiger partial charge in [-0.05, 0) is 6.92 Å². The van der Waals surface area contributed by atoms with Gasteiger partial charge in [0.25, 0.3) is 12.1 Å². The summed E-state index contributed by atoms with van der Waals surface area (Å²) in [4.78, 5) is 22.3. The molecule has 1 aromatic rings. The fraction of sp³-hybridized carbons (Fsp3) is 0.286. The molecule has 0 aliphatic carbocycles. The lowest BCUT2D eigenvalue weighted by atomic mass is 10.2. The number of nitro groups is 1. The fourth-order valence-electron chi connectivity index (χ4n) is 1.11. The van der Waals surface area contributed by atoms with Crippen LogP contribution < -0.4 is 5.56 Å². The van der Waals surface area contributed by atoms with Gasteiger partial charge in [0.05, 0.1) is 10.6 Å². The first-order valence-corrected chi connectivity index (χ1v) is 3.60. The number of alkyl halides is 2. The molecule has 0 aromatic carbocycles. The Morgan fingerprint density at radius 3 is 2.57 bits per heavy atom. The smallest absolute Gasteiger partial charge is 0.297 e. The van der Waals surface area contributed by atoms with Gasteiger partial charge in [0.15, 0.2) is 0 Å². The van der Waals surface area contributed by atoms with Crippen LogP contribution in [-0.2, 0) is 0 Å². The van der Waals surface area contributed by atoms with Gasteiger partial charge in [-0.3, -0.25) is 14.9 Å². The Bertz CT molecular complexity index is 427. The Morgan fingerprint density at radius 1 is 1.57 bits per heavy atom. The zero-order valence-electron chi connectivity index (χ0n) is 7.08. The first kappa shape index (κ1) is 10.3. The minimum Gasteiger partial charge on any atom is -0.320 e. The number of nitrogens with one attached hydrogen (secondary N) is 1. The highest BCUT2D eigenvalue weighted by Gasteiger charge is 2.24. The van der Waals surface area contributed by atoms with E-state index in [1.165, 1.54) is 6.92 Å². The Kier molecular flexibility index (Phi) is 2.59. The van der Waals surface area contributed by atoms with Crippen molar-refractivity contribution in [2.24, 2.45) is 0 Å². The van der Waals surface area contributed by atoms with Crippen LogP contribution in [0, 0.1) is 17.0 Å². The normalized spacial score (nSPS) is 10.6. The largest absolute Gasteiger partial charge is 0.320 e. The third kappa shape index (κ3) is 1.76. The van der Waals surface area contributed by atoms with E-state index < -0.39 is 28.2 Å². The summed E-state index contributed by atoms with van der Waals surface area (Å²) in [6, 6.07) is 0.537. The predicted octanol–water partition coefficient (Wildman–Crippen LogP) is 1.53. The highest BCUT2D eigenvalue weighted by molar-refractivity contribution is 5.43. The average molecular weight is 204 g/mol. The molecule has 0 amide bonds. The van der Waals surface area contributed by atoms with E-state index in [-0.39, 0.29) is 5.69 Å². The lowest BCUT2D eigenvalue weighted by molar-refractivity contribution is -0.387. The zero-order valence-corrected chi connectivity index (χ0v) is 7.08. The Balaban J connectivity index is 3.52. The molecule has 0 saturated carbocycles. The molecular formula is C7H6F2N2O3. The van der Waals surface area contributed by atoms with Crippen molar-refractivity contribution in [3.05, 3.63) is 37.8 Å². The van der Waals surface area contributed by atoms with Crippen LogP contribution >= 0.6 is 0 Å². The molecule has 0 aliphatic heterocycles. The molecule has 0 unspecified atom stereocenters. The zero-order chi connectivity index (χ0) is 10.9. The number of aromatic nitrogens is 1. The van der Waals surface area contributed by atoms with Crippen molar-refractivity contribution in [1.82, 2.24) is 4.98 Å². The molecule has 1 N–H and O–H groups in total. The highest BCUT2D eigenvalue weighted by atomic mass is 19.3. The van der Waals surface area contributed by atoms with Gasteiger partial charge >= 0.3 is 0 Å². The quantitative estimate of drug-likeness (QED) is 0.586. The van der Waals surface area contributed by atoms with Gasteiger partial charge < -0.3 is 4.98 Å². The van der Waals surface area contributed by atoms with E-state index in [1.54, 1.807) is 0 Å². The fourth-order valence-corrected chi connectivity index (χ4v) is 1.11. The predicted molar refractivity (Wildman–Crippen MR) is 43.4 cm³/mol. The lowest BCUT2D eigenvalue weighted by Gasteiger charge is -2.02. The summed E-state index contributed by atoms with van der Waals surface area (Å²) in [5.74, 6) is 0. The first-order chi connectivity index (χ1) is 6.43. The molecule has 0 bridgehead atoms. The monoisotopic (exact) mass is 204 g/mol. The molecule has 0 atom stereocenters. The highest BCUT2D eigenvalue weighted by Crippen LogP contribution is 2.28. The topological polar surface area (TPSA) is 76.0 Å². The first-order valence-electron chi connectivity index (χ1n) is 3.60. The maximum Gasteiger partial charge on any atom is 0.297 e. The summed E-state index contributed by atoms with van der Waals surface area (Å²) in [5, 5.41) is 10.4. The summed E-state index contributed by atoms with van der Waals surface area (Å²) in [6.45, 7) is 1.20. The second-order valence-corrected chi connectivity index (χ2v) is 2.62. The average Bonchev–Trinajstić information content (AvgIpc) is 2.01. The van der Waals surface area contributed by atoms with E-state index in [4.69, 9.17) is 0 Å². The van der Waals surface area contributed by atoms with Crippen LogP contribution in [0.3, 0.4) is 0 Å². The number of halogens is 2. The Hall–Kier alpha value is -1.79. The molecule has 0 radical (unpaired) electrons. The van der Waals surface area contributed by atoms with Gasteiger partial charge in [-0.1, -0.05) is 0 Å². The molecule has 5 nitrogen and oxygen atoms in total. The van der Waals surface area contributed by atoms with Crippen LogP contribution in [0.4, 0.5) is 14.5 Å². The molecule has 1 aromatic heterocycles. The second-order valence-electron chi connectivity index (χ2n) is 2.62. The molecule has 14 heavy (non-hydrogen) atoms. The maximum absolute atomic E-state index is 12.3. The van der Waals surface area contributed by atoms with E-state index in [0.717, 1.165) is 0 Å². The van der Waals surface area contributed by atoms with Crippen molar-refractivity contribution in [2.75, 3.05) is 0 Å². The molecule has 1 heterocycles. The molecule has 0 saturated heterocycles. The van der Waals surface area contributed by atoms with Crippen molar-refractivity contribution in [1.29, 1.82) is 0 Å². The molecule has 7 heteroatoms. The SMILES string of the molecule is Cc1[nH]c(=O)cc(C(F)F)c1[N+](=O)[O-]. The number of rotatable bonds is 2. The molecule has 0 spiro atoms. The number of hydrogen-bond donors (Lipinski definition) is 1. The summed E-state index contributed by atoms with van der Waals surface area (Å²) >= 11 is 0. The van der Waals surface area contributed by atoms with E-state index >= 15 is 0 Å².